The minimum Gasteiger partial charge on any atom is -0.465 e. The molecule has 0 saturated carbocycles. The van der Waals surface area contributed by atoms with E-state index in [9.17, 15) is 14.0 Å². The molecular weight excluding hydrogens is 323 g/mol. The molecule has 0 radical (unpaired) electrons. The molecule has 1 unspecified atom stereocenters. The van der Waals surface area contributed by atoms with Gasteiger partial charge in [0.2, 0.25) is 5.91 Å². The van der Waals surface area contributed by atoms with Gasteiger partial charge in [-0.15, -0.1) is 0 Å². The molecule has 1 heterocycles. The highest BCUT2D eigenvalue weighted by Crippen LogP contribution is 2.23. The first kappa shape index (κ1) is 19.4. The summed E-state index contributed by atoms with van der Waals surface area (Å²) in [5.74, 6) is -2.62. The standard InChI is InChI=1S/C16H22ClFN2O3/c1-9(2)8-23-15(22)10(3)14(21)20-16(4,5)13-12(18)6-11(17)7-19-13/h6-7,9-10H,8H2,1-5H3,(H,20,21). The van der Waals surface area contributed by atoms with Crippen LogP contribution >= 0.6 is 11.6 Å². The van der Waals surface area contributed by atoms with Crippen LogP contribution in [0.2, 0.25) is 5.02 Å². The molecule has 0 aliphatic rings. The van der Waals surface area contributed by atoms with Gasteiger partial charge in [0, 0.05) is 6.20 Å². The van der Waals surface area contributed by atoms with E-state index >= 15 is 0 Å². The second-order valence-electron chi connectivity index (χ2n) is 6.34. The van der Waals surface area contributed by atoms with Crippen molar-refractivity contribution in [1.29, 1.82) is 0 Å². The largest absolute Gasteiger partial charge is 0.465 e. The first-order valence-electron chi connectivity index (χ1n) is 7.34. The van der Waals surface area contributed by atoms with Crippen LogP contribution in [0.3, 0.4) is 0 Å². The lowest BCUT2D eigenvalue weighted by atomic mass is 9.98. The number of hydrogen-bond acceptors (Lipinski definition) is 4. The van der Waals surface area contributed by atoms with Gasteiger partial charge in [-0.1, -0.05) is 25.4 Å². The minimum atomic E-state index is -1.10. The third-order valence-corrected chi connectivity index (χ3v) is 3.35. The fourth-order valence-electron chi connectivity index (χ4n) is 1.83. The molecule has 128 valence electrons. The van der Waals surface area contributed by atoms with Gasteiger partial charge in [-0.25, -0.2) is 4.39 Å². The first-order valence-corrected chi connectivity index (χ1v) is 7.72. The Morgan fingerprint density at radius 3 is 2.52 bits per heavy atom. The fourth-order valence-corrected chi connectivity index (χ4v) is 1.98. The molecule has 1 aromatic heterocycles. The van der Waals surface area contributed by atoms with Crippen molar-refractivity contribution in [3.8, 4) is 0 Å². The third kappa shape index (κ3) is 5.46. The summed E-state index contributed by atoms with van der Waals surface area (Å²) >= 11 is 5.67. The van der Waals surface area contributed by atoms with Crippen molar-refractivity contribution < 1.29 is 18.7 Å². The second kappa shape index (κ2) is 7.73. The summed E-state index contributed by atoms with van der Waals surface area (Å²) in [6.07, 6.45) is 1.30. The Hall–Kier alpha value is -1.69. The maximum absolute atomic E-state index is 14.0. The summed E-state index contributed by atoms with van der Waals surface area (Å²) in [7, 11) is 0. The number of carbonyl (C=O) groups excluding carboxylic acids is 2. The zero-order valence-corrected chi connectivity index (χ0v) is 14.7. The normalized spacial score (nSPS) is 12.9. The summed E-state index contributed by atoms with van der Waals surface area (Å²) in [4.78, 5) is 28.0. The quantitative estimate of drug-likeness (QED) is 0.636. The van der Waals surface area contributed by atoms with E-state index in [1.807, 2.05) is 13.8 Å². The van der Waals surface area contributed by atoms with Crippen LogP contribution < -0.4 is 5.32 Å². The van der Waals surface area contributed by atoms with E-state index in [1.165, 1.54) is 13.1 Å². The first-order chi connectivity index (χ1) is 10.5. The summed E-state index contributed by atoms with van der Waals surface area (Å²) in [5.41, 5.74) is -1.06. The lowest BCUT2D eigenvalue weighted by Gasteiger charge is -2.27. The van der Waals surface area contributed by atoms with Crippen molar-refractivity contribution >= 4 is 23.5 Å². The number of carbonyl (C=O) groups is 2. The molecule has 0 aliphatic heterocycles. The molecule has 1 N–H and O–H groups in total. The van der Waals surface area contributed by atoms with Crippen molar-refractivity contribution in [3.63, 3.8) is 0 Å². The topological polar surface area (TPSA) is 68.3 Å². The number of ether oxygens (including phenoxy) is 1. The molecule has 0 bridgehead atoms. The number of hydrogen-bond donors (Lipinski definition) is 1. The van der Waals surface area contributed by atoms with E-state index in [4.69, 9.17) is 16.3 Å². The third-order valence-electron chi connectivity index (χ3n) is 3.14. The van der Waals surface area contributed by atoms with Crippen LogP contribution in [0.1, 0.15) is 40.3 Å². The van der Waals surface area contributed by atoms with Gasteiger partial charge in [0.1, 0.15) is 17.4 Å². The molecule has 1 amide bonds. The van der Waals surface area contributed by atoms with E-state index in [0.717, 1.165) is 6.07 Å². The molecule has 1 atom stereocenters. The highest BCUT2D eigenvalue weighted by Gasteiger charge is 2.32. The monoisotopic (exact) mass is 344 g/mol. The predicted octanol–water partition coefficient (Wildman–Crippen LogP) is 3.06. The molecular formula is C16H22ClFN2O3. The van der Waals surface area contributed by atoms with E-state index < -0.39 is 29.2 Å². The van der Waals surface area contributed by atoms with E-state index in [-0.39, 0.29) is 23.2 Å². The van der Waals surface area contributed by atoms with E-state index in [2.05, 4.69) is 10.3 Å². The SMILES string of the molecule is CC(C)COC(=O)C(C)C(=O)NC(C)(C)c1ncc(Cl)cc1F. The maximum Gasteiger partial charge on any atom is 0.318 e. The average Bonchev–Trinajstić information content (AvgIpc) is 2.42. The Balaban J connectivity index is 2.79. The molecule has 5 nitrogen and oxygen atoms in total. The Labute approximate surface area is 140 Å². The van der Waals surface area contributed by atoms with Gasteiger partial charge in [0.25, 0.3) is 0 Å². The molecule has 0 spiro atoms. The average molecular weight is 345 g/mol. The van der Waals surface area contributed by atoms with Crippen LogP contribution in [-0.2, 0) is 19.9 Å². The summed E-state index contributed by atoms with van der Waals surface area (Å²) in [6.45, 7) is 8.67. The van der Waals surface area contributed by atoms with Gasteiger partial charge in [-0.2, -0.15) is 0 Å². The number of nitrogens with zero attached hydrogens (tertiary/aromatic N) is 1. The van der Waals surface area contributed by atoms with Crippen molar-refractivity contribution in [2.45, 2.75) is 40.2 Å². The molecule has 23 heavy (non-hydrogen) atoms. The zero-order chi connectivity index (χ0) is 17.8. The summed E-state index contributed by atoms with van der Waals surface area (Å²) < 4.78 is 19.0. The molecule has 1 aromatic rings. The number of nitrogens with one attached hydrogen (secondary N) is 1. The Morgan fingerprint density at radius 1 is 1.39 bits per heavy atom. The van der Waals surface area contributed by atoms with E-state index in [1.54, 1.807) is 13.8 Å². The molecule has 0 aromatic carbocycles. The lowest BCUT2D eigenvalue weighted by molar-refractivity contribution is -0.153. The number of halogens is 2. The van der Waals surface area contributed by atoms with Crippen LogP contribution in [0.5, 0.6) is 0 Å². The molecule has 1 rings (SSSR count). The predicted molar refractivity (Wildman–Crippen MR) is 85.3 cm³/mol. The number of esters is 1. The van der Waals surface area contributed by atoms with Gasteiger partial charge in [0.05, 0.1) is 17.2 Å². The van der Waals surface area contributed by atoms with Crippen LogP contribution in [0, 0.1) is 17.7 Å². The number of pyridine rings is 1. The van der Waals surface area contributed by atoms with Crippen molar-refractivity contribution in [3.05, 3.63) is 28.8 Å². The minimum absolute atomic E-state index is 0.0398. The van der Waals surface area contributed by atoms with Gasteiger partial charge in [0.15, 0.2) is 0 Å². The van der Waals surface area contributed by atoms with Crippen LogP contribution in [0.25, 0.3) is 0 Å². The highest BCUT2D eigenvalue weighted by atomic mass is 35.5. The summed E-state index contributed by atoms with van der Waals surface area (Å²) in [5, 5.41) is 2.78. The zero-order valence-electron chi connectivity index (χ0n) is 13.9. The van der Waals surface area contributed by atoms with Crippen LogP contribution in [0.4, 0.5) is 4.39 Å². The molecule has 7 heteroatoms. The number of rotatable bonds is 6. The number of aromatic nitrogens is 1. The van der Waals surface area contributed by atoms with Crippen LogP contribution in [-0.4, -0.2) is 23.5 Å². The van der Waals surface area contributed by atoms with Gasteiger partial charge in [-0.05, 0) is 32.8 Å². The second-order valence-corrected chi connectivity index (χ2v) is 6.78. The summed E-state index contributed by atoms with van der Waals surface area (Å²) in [6, 6.07) is 1.12. The fraction of sp³-hybridized carbons (Fsp3) is 0.562. The Morgan fingerprint density at radius 2 is 2.00 bits per heavy atom. The molecule has 0 fully saturated rings. The maximum atomic E-state index is 14.0. The lowest BCUT2D eigenvalue weighted by Crippen LogP contribution is -2.46. The van der Waals surface area contributed by atoms with Gasteiger partial charge in [-0.3, -0.25) is 14.6 Å². The smallest absolute Gasteiger partial charge is 0.318 e. The molecule has 0 aliphatic carbocycles. The van der Waals surface area contributed by atoms with Crippen molar-refractivity contribution in [2.24, 2.45) is 11.8 Å². The Kier molecular flexibility index (Phi) is 6.50. The number of amides is 1. The van der Waals surface area contributed by atoms with E-state index in [0.29, 0.717) is 0 Å². The Bertz CT molecular complexity index is 591. The molecule has 0 saturated heterocycles. The van der Waals surface area contributed by atoms with Crippen molar-refractivity contribution in [2.75, 3.05) is 6.61 Å². The van der Waals surface area contributed by atoms with Gasteiger partial charge < -0.3 is 10.1 Å². The van der Waals surface area contributed by atoms with Crippen molar-refractivity contribution in [1.82, 2.24) is 10.3 Å². The highest BCUT2D eigenvalue weighted by molar-refractivity contribution is 6.30. The van der Waals surface area contributed by atoms with Gasteiger partial charge >= 0.3 is 5.97 Å². The van der Waals surface area contributed by atoms with Crippen LogP contribution in [0.15, 0.2) is 12.3 Å².